The Labute approximate surface area is 166 Å². The van der Waals surface area contributed by atoms with Crippen LogP contribution in [0.3, 0.4) is 0 Å². The first kappa shape index (κ1) is 19.2. The predicted octanol–water partition coefficient (Wildman–Crippen LogP) is 3.32. The van der Waals surface area contributed by atoms with Crippen molar-refractivity contribution in [2.45, 2.75) is 42.4 Å². The van der Waals surface area contributed by atoms with Crippen LogP contribution in [0.1, 0.15) is 48.0 Å². The van der Waals surface area contributed by atoms with Gasteiger partial charge in [0, 0.05) is 30.6 Å². The van der Waals surface area contributed by atoms with Gasteiger partial charge in [0.05, 0.1) is 4.90 Å². The number of piperidine rings is 1. The fraction of sp³-hybridized carbons (Fsp3) is 0.409. The van der Waals surface area contributed by atoms with Crippen molar-refractivity contribution in [3.05, 3.63) is 65.7 Å². The topological polar surface area (TPSA) is 66.5 Å². The lowest BCUT2D eigenvalue weighted by atomic mass is 9.96. The molecule has 1 aliphatic heterocycles. The van der Waals surface area contributed by atoms with Gasteiger partial charge in [-0.1, -0.05) is 36.8 Å². The van der Waals surface area contributed by atoms with Gasteiger partial charge in [-0.25, -0.2) is 8.42 Å². The number of hydrogen-bond acceptors (Lipinski definition) is 3. The van der Waals surface area contributed by atoms with E-state index >= 15 is 0 Å². The zero-order chi connectivity index (χ0) is 19.6. The second-order valence-corrected chi connectivity index (χ2v) is 9.76. The van der Waals surface area contributed by atoms with Crippen LogP contribution in [0.15, 0.2) is 59.5 Å². The molecule has 2 fully saturated rings. The summed E-state index contributed by atoms with van der Waals surface area (Å²) in [6, 6.07) is 16.6. The molecule has 0 radical (unpaired) electrons. The van der Waals surface area contributed by atoms with E-state index in [0.29, 0.717) is 25.2 Å². The van der Waals surface area contributed by atoms with E-state index in [2.05, 4.69) is 17.4 Å². The summed E-state index contributed by atoms with van der Waals surface area (Å²) in [6.45, 7) is 1.75. The molecular weight excluding hydrogens is 372 g/mol. The van der Waals surface area contributed by atoms with Gasteiger partial charge in [-0.2, -0.15) is 4.31 Å². The van der Waals surface area contributed by atoms with Gasteiger partial charge in [0.1, 0.15) is 0 Å². The third-order valence-corrected chi connectivity index (χ3v) is 7.81. The second-order valence-electron chi connectivity index (χ2n) is 7.82. The molecule has 1 saturated heterocycles. The molecule has 1 saturated carbocycles. The van der Waals surface area contributed by atoms with Gasteiger partial charge in [-0.15, -0.1) is 0 Å². The average Bonchev–Trinajstić information content (AvgIpc) is 3.55. The maximum Gasteiger partial charge on any atom is 0.251 e. The molecule has 0 atom stereocenters. The number of carbonyl (C=O) groups is 1. The molecule has 0 unspecified atom stereocenters. The van der Waals surface area contributed by atoms with Crippen molar-refractivity contribution in [1.29, 1.82) is 0 Å². The summed E-state index contributed by atoms with van der Waals surface area (Å²) in [7, 11) is -3.46. The molecule has 0 aromatic heterocycles. The number of nitrogens with zero attached hydrogens (tertiary/aromatic N) is 1. The van der Waals surface area contributed by atoms with Gasteiger partial charge in [0.2, 0.25) is 10.0 Å². The van der Waals surface area contributed by atoms with Crippen molar-refractivity contribution >= 4 is 15.9 Å². The first-order valence-electron chi connectivity index (χ1n) is 9.95. The normalized spacial score (nSPS) is 19.1. The zero-order valence-electron chi connectivity index (χ0n) is 15.9. The molecule has 28 heavy (non-hydrogen) atoms. The first-order chi connectivity index (χ1) is 13.5. The Morgan fingerprint density at radius 1 is 0.929 bits per heavy atom. The Kier molecular flexibility index (Phi) is 5.25. The first-order valence-corrected chi connectivity index (χ1v) is 11.4. The van der Waals surface area contributed by atoms with Crippen LogP contribution in [0, 0.1) is 0 Å². The fourth-order valence-electron chi connectivity index (χ4n) is 3.89. The van der Waals surface area contributed by atoms with E-state index in [4.69, 9.17) is 0 Å². The third-order valence-electron chi connectivity index (χ3n) is 5.90. The van der Waals surface area contributed by atoms with Crippen molar-refractivity contribution in [2.24, 2.45) is 0 Å². The molecule has 0 bridgehead atoms. The maximum absolute atomic E-state index is 12.7. The Hall–Kier alpha value is -2.18. The highest BCUT2D eigenvalue weighted by Crippen LogP contribution is 2.47. The molecule has 1 amide bonds. The minimum absolute atomic E-state index is 0.0501. The summed E-state index contributed by atoms with van der Waals surface area (Å²) in [5.41, 5.74) is 1.80. The van der Waals surface area contributed by atoms with Crippen LogP contribution in [-0.2, 0) is 15.4 Å². The smallest absolute Gasteiger partial charge is 0.251 e. The molecule has 1 aliphatic carbocycles. The summed E-state index contributed by atoms with van der Waals surface area (Å²) in [5, 5.41) is 3.02. The summed E-state index contributed by atoms with van der Waals surface area (Å²) in [4.78, 5) is 12.8. The van der Waals surface area contributed by atoms with Crippen molar-refractivity contribution in [1.82, 2.24) is 9.62 Å². The molecule has 2 aromatic rings. The fourth-order valence-corrected chi connectivity index (χ4v) is 5.41. The highest BCUT2D eigenvalue weighted by Gasteiger charge is 2.44. The highest BCUT2D eigenvalue weighted by atomic mass is 32.2. The van der Waals surface area contributed by atoms with Gasteiger partial charge in [0.15, 0.2) is 0 Å². The predicted molar refractivity (Wildman–Crippen MR) is 109 cm³/mol. The highest BCUT2D eigenvalue weighted by molar-refractivity contribution is 7.89. The number of carbonyl (C=O) groups excluding carboxylic acids is 1. The van der Waals surface area contributed by atoms with Gasteiger partial charge >= 0.3 is 0 Å². The van der Waals surface area contributed by atoms with Crippen molar-refractivity contribution < 1.29 is 13.2 Å². The third kappa shape index (κ3) is 3.84. The van der Waals surface area contributed by atoms with Crippen LogP contribution in [0.5, 0.6) is 0 Å². The minimum Gasteiger partial charge on any atom is -0.351 e. The molecule has 2 aromatic carbocycles. The quantitative estimate of drug-likeness (QED) is 0.812. The van der Waals surface area contributed by atoms with Gasteiger partial charge in [0.25, 0.3) is 5.91 Å². The Balaban J connectivity index is 1.40. The SMILES string of the molecule is O=C(NCC1(c2ccccc2)CC1)c1ccc(S(=O)(=O)N2CCCCC2)cc1. The summed E-state index contributed by atoms with van der Waals surface area (Å²) < 4.78 is 27.0. The van der Waals surface area contributed by atoms with Gasteiger partial charge in [-0.05, 0) is 55.5 Å². The maximum atomic E-state index is 12.7. The number of benzene rings is 2. The average molecular weight is 399 g/mol. The second kappa shape index (κ2) is 7.68. The Morgan fingerprint density at radius 3 is 2.18 bits per heavy atom. The van der Waals surface area contributed by atoms with E-state index in [1.807, 2.05) is 18.2 Å². The summed E-state index contributed by atoms with van der Waals surface area (Å²) >= 11 is 0. The number of rotatable bonds is 6. The number of sulfonamides is 1. The van der Waals surface area contributed by atoms with Crippen molar-refractivity contribution in [3.63, 3.8) is 0 Å². The summed E-state index contributed by atoms with van der Waals surface area (Å²) in [5.74, 6) is -0.163. The van der Waals surface area contributed by atoms with E-state index in [0.717, 1.165) is 32.1 Å². The Bertz CT molecular complexity index is 930. The molecule has 2 aliphatic rings. The number of amides is 1. The lowest BCUT2D eigenvalue weighted by Crippen LogP contribution is -2.35. The zero-order valence-corrected chi connectivity index (χ0v) is 16.7. The minimum atomic E-state index is -3.46. The molecule has 4 rings (SSSR count). The van der Waals surface area contributed by atoms with Crippen molar-refractivity contribution in [3.8, 4) is 0 Å². The van der Waals surface area contributed by atoms with Crippen molar-refractivity contribution in [2.75, 3.05) is 19.6 Å². The lowest BCUT2D eigenvalue weighted by molar-refractivity contribution is 0.0949. The number of hydrogen-bond donors (Lipinski definition) is 1. The molecule has 1 heterocycles. The molecule has 0 spiro atoms. The van der Waals surface area contributed by atoms with Crippen LogP contribution >= 0.6 is 0 Å². The van der Waals surface area contributed by atoms with Crippen LogP contribution in [0.2, 0.25) is 0 Å². The van der Waals surface area contributed by atoms with E-state index in [1.165, 1.54) is 5.56 Å². The monoisotopic (exact) mass is 398 g/mol. The van der Waals surface area contributed by atoms with Crippen LogP contribution < -0.4 is 5.32 Å². The standard InChI is InChI=1S/C22H26N2O3S/c25-21(23-17-22(13-14-22)19-7-3-1-4-8-19)18-9-11-20(12-10-18)28(26,27)24-15-5-2-6-16-24/h1,3-4,7-12H,2,5-6,13-17H2,(H,23,25). The van der Waals surface area contributed by atoms with Crippen LogP contribution in [0.25, 0.3) is 0 Å². The molecule has 148 valence electrons. The molecule has 5 nitrogen and oxygen atoms in total. The van der Waals surface area contributed by atoms with E-state index < -0.39 is 10.0 Å². The van der Waals surface area contributed by atoms with Gasteiger partial charge < -0.3 is 5.32 Å². The molecular formula is C22H26N2O3S. The largest absolute Gasteiger partial charge is 0.351 e. The van der Waals surface area contributed by atoms with E-state index in [9.17, 15) is 13.2 Å². The van der Waals surface area contributed by atoms with Gasteiger partial charge in [-0.3, -0.25) is 4.79 Å². The van der Waals surface area contributed by atoms with Crippen LogP contribution in [-0.4, -0.2) is 38.3 Å². The Morgan fingerprint density at radius 2 is 1.57 bits per heavy atom. The lowest BCUT2D eigenvalue weighted by Gasteiger charge is -2.25. The molecule has 1 N–H and O–H groups in total. The van der Waals surface area contributed by atoms with E-state index in [-0.39, 0.29) is 16.2 Å². The number of nitrogens with one attached hydrogen (secondary N) is 1. The van der Waals surface area contributed by atoms with E-state index in [1.54, 1.807) is 28.6 Å². The summed E-state index contributed by atoms with van der Waals surface area (Å²) in [6.07, 6.45) is 5.04. The molecule has 6 heteroatoms. The van der Waals surface area contributed by atoms with Crippen LogP contribution in [0.4, 0.5) is 0 Å².